The van der Waals surface area contributed by atoms with Crippen molar-refractivity contribution >= 4 is 23.9 Å². The summed E-state index contributed by atoms with van der Waals surface area (Å²) in [4.78, 5) is 47.9. The molecule has 0 amide bonds. The molecule has 0 spiro atoms. The van der Waals surface area contributed by atoms with E-state index in [-0.39, 0.29) is 43.1 Å². The molecule has 1 aromatic carbocycles. The first-order chi connectivity index (χ1) is 14.9. The molecule has 0 radical (unpaired) electrons. The summed E-state index contributed by atoms with van der Waals surface area (Å²) in [7, 11) is 1.22. The summed E-state index contributed by atoms with van der Waals surface area (Å²) in [6.07, 6.45) is -0.371. The number of nitrogens with two attached hydrogens (primary N) is 1. The Morgan fingerprint density at radius 3 is 2.03 bits per heavy atom. The number of carbonyl (C=O) groups is 4. The SMILES string of the molecule is CCC(=O)Oc1ccc(C[C@](N)(CC(C)OC(=O)C(C)C)C(=O)OC)cc1OC(=O)CC. The summed E-state index contributed by atoms with van der Waals surface area (Å²) in [6, 6.07) is 4.57. The lowest BCUT2D eigenvalue weighted by Crippen LogP contribution is -2.53. The molecule has 178 valence electrons. The first-order valence-corrected chi connectivity index (χ1v) is 10.6. The third-order valence-electron chi connectivity index (χ3n) is 4.59. The molecule has 32 heavy (non-hydrogen) atoms. The van der Waals surface area contributed by atoms with Crippen molar-refractivity contribution in [2.75, 3.05) is 7.11 Å². The highest BCUT2D eigenvalue weighted by Crippen LogP contribution is 2.31. The lowest BCUT2D eigenvalue weighted by molar-refractivity contribution is -0.157. The van der Waals surface area contributed by atoms with E-state index in [1.165, 1.54) is 19.2 Å². The monoisotopic (exact) mass is 451 g/mol. The van der Waals surface area contributed by atoms with Gasteiger partial charge in [0.15, 0.2) is 11.5 Å². The summed E-state index contributed by atoms with van der Waals surface area (Å²) in [6.45, 7) is 8.33. The van der Waals surface area contributed by atoms with Crippen LogP contribution in [0.3, 0.4) is 0 Å². The van der Waals surface area contributed by atoms with E-state index >= 15 is 0 Å². The van der Waals surface area contributed by atoms with Crippen molar-refractivity contribution in [3.05, 3.63) is 23.8 Å². The number of esters is 4. The van der Waals surface area contributed by atoms with Crippen LogP contribution < -0.4 is 15.2 Å². The standard InChI is InChI=1S/C23H33NO8/c1-7-19(25)31-17-10-9-16(11-18(17)32-20(26)8-2)13-23(24,22(28)29-6)12-15(5)30-21(27)14(3)4/h9-11,14-15H,7-8,12-13,24H2,1-6H3/t15?,23-/m1/s1. The van der Waals surface area contributed by atoms with E-state index in [4.69, 9.17) is 24.7 Å². The number of methoxy groups -OCH3 is 1. The van der Waals surface area contributed by atoms with Gasteiger partial charge >= 0.3 is 23.9 Å². The van der Waals surface area contributed by atoms with Gasteiger partial charge in [-0.25, -0.2) is 0 Å². The van der Waals surface area contributed by atoms with Crippen LogP contribution in [-0.2, 0) is 35.1 Å². The maximum absolute atomic E-state index is 12.5. The fourth-order valence-corrected chi connectivity index (χ4v) is 2.90. The third-order valence-corrected chi connectivity index (χ3v) is 4.59. The van der Waals surface area contributed by atoms with E-state index in [0.717, 1.165) is 0 Å². The Balaban J connectivity index is 3.21. The highest BCUT2D eigenvalue weighted by molar-refractivity contribution is 5.81. The quantitative estimate of drug-likeness (QED) is 0.398. The number of hydrogen-bond acceptors (Lipinski definition) is 9. The zero-order chi connectivity index (χ0) is 24.5. The smallest absolute Gasteiger partial charge is 0.326 e. The van der Waals surface area contributed by atoms with Crippen LogP contribution >= 0.6 is 0 Å². The van der Waals surface area contributed by atoms with E-state index in [2.05, 4.69) is 0 Å². The minimum Gasteiger partial charge on any atom is -0.468 e. The largest absolute Gasteiger partial charge is 0.468 e. The first-order valence-electron chi connectivity index (χ1n) is 10.6. The molecule has 1 aromatic rings. The van der Waals surface area contributed by atoms with E-state index in [1.54, 1.807) is 40.7 Å². The highest BCUT2D eigenvalue weighted by atomic mass is 16.6. The Labute approximate surface area is 188 Å². The maximum atomic E-state index is 12.5. The second kappa shape index (κ2) is 12.2. The van der Waals surface area contributed by atoms with Crippen LogP contribution in [0.2, 0.25) is 0 Å². The molecule has 2 N–H and O–H groups in total. The average molecular weight is 452 g/mol. The van der Waals surface area contributed by atoms with Gasteiger partial charge in [-0.05, 0) is 24.6 Å². The molecule has 0 fully saturated rings. The molecule has 9 nitrogen and oxygen atoms in total. The summed E-state index contributed by atoms with van der Waals surface area (Å²) in [5, 5.41) is 0. The Bertz CT molecular complexity index is 835. The summed E-state index contributed by atoms with van der Waals surface area (Å²) < 4.78 is 20.8. The van der Waals surface area contributed by atoms with Crippen LogP contribution in [0.5, 0.6) is 11.5 Å². The molecule has 0 saturated carbocycles. The van der Waals surface area contributed by atoms with Gasteiger partial charge in [0.2, 0.25) is 0 Å². The van der Waals surface area contributed by atoms with Crippen molar-refractivity contribution in [2.24, 2.45) is 11.7 Å². The van der Waals surface area contributed by atoms with Crippen molar-refractivity contribution in [2.45, 2.75) is 71.9 Å². The lowest BCUT2D eigenvalue weighted by atomic mass is 9.86. The molecule has 0 aliphatic heterocycles. The van der Waals surface area contributed by atoms with Crippen LogP contribution in [0, 0.1) is 5.92 Å². The van der Waals surface area contributed by atoms with Gasteiger partial charge in [0.05, 0.1) is 13.0 Å². The van der Waals surface area contributed by atoms with Crippen molar-refractivity contribution in [1.82, 2.24) is 0 Å². The summed E-state index contributed by atoms with van der Waals surface area (Å²) in [5.74, 6) is -2.28. The summed E-state index contributed by atoms with van der Waals surface area (Å²) in [5.41, 5.74) is 5.42. The maximum Gasteiger partial charge on any atom is 0.326 e. The van der Waals surface area contributed by atoms with Gasteiger partial charge in [0, 0.05) is 25.7 Å². The minimum atomic E-state index is -1.51. The lowest BCUT2D eigenvalue weighted by Gasteiger charge is -2.29. The van der Waals surface area contributed by atoms with Gasteiger partial charge in [-0.1, -0.05) is 33.8 Å². The summed E-state index contributed by atoms with van der Waals surface area (Å²) >= 11 is 0. The molecule has 0 bridgehead atoms. The molecule has 2 atom stereocenters. The molecule has 0 aliphatic carbocycles. The van der Waals surface area contributed by atoms with Crippen LogP contribution in [0.15, 0.2) is 18.2 Å². The number of benzene rings is 1. The van der Waals surface area contributed by atoms with Crippen LogP contribution in [0.4, 0.5) is 0 Å². The van der Waals surface area contributed by atoms with Crippen molar-refractivity contribution in [3.63, 3.8) is 0 Å². The fourth-order valence-electron chi connectivity index (χ4n) is 2.90. The van der Waals surface area contributed by atoms with E-state index in [1.807, 2.05) is 0 Å². The van der Waals surface area contributed by atoms with Crippen LogP contribution in [-0.4, -0.2) is 42.6 Å². The number of rotatable bonds is 11. The van der Waals surface area contributed by atoms with Gasteiger partial charge in [-0.2, -0.15) is 0 Å². The molecule has 1 rings (SSSR count). The van der Waals surface area contributed by atoms with Gasteiger partial charge < -0.3 is 24.7 Å². The molecule has 0 saturated heterocycles. The van der Waals surface area contributed by atoms with Gasteiger partial charge in [0.1, 0.15) is 11.6 Å². The van der Waals surface area contributed by atoms with Crippen LogP contribution in [0.25, 0.3) is 0 Å². The Morgan fingerprint density at radius 2 is 1.53 bits per heavy atom. The first kappa shape index (κ1) is 27.1. The van der Waals surface area contributed by atoms with E-state index in [9.17, 15) is 19.2 Å². The number of ether oxygens (including phenoxy) is 4. The normalized spacial score (nSPS) is 13.6. The predicted molar refractivity (Wildman–Crippen MR) is 116 cm³/mol. The third kappa shape index (κ3) is 7.96. The molecular weight excluding hydrogens is 418 g/mol. The van der Waals surface area contributed by atoms with Gasteiger partial charge in [0.25, 0.3) is 0 Å². The van der Waals surface area contributed by atoms with Gasteiger partial charge in [-0.15, -0.1) is 0 Å². The Morgan fingerprint density at radius 1 is 0.969 bits per heavy atom. The van der Waals surface area contributed by atoms with Crippen molar-refractivity contribution in [1.29, 1.82) is 0 Å². The van der Waals surface area contributed by atoms with Crippen LogP contribution in [0.1, 0.15) is 59.4 Å². The fraction of sp³-hybridized carbons (Fsp3) is 0.565. The topological polar surface area (TPSA) is 131 Å². The van der Waals surface area contributed by atoms with Crippen molar-refractivity contribution in [3.8, 4) is 11.5 Å². The minimum absolute atomic E-state index is 0.00191. The zero-order valence-corrected chi connectivity index (χ0v) is 19.6. The second-order valence-electron chi connectivity index (χ2n) is 7.87. The molecular formula is C23H33NO8. The molecule has 1 unspecified atom stereocenters. The van der Waals surface area contributed by atoms with E-state index in [0.29, 0.717) is 5.56 Å². The Kier molecular flexibility index (Phi) is 10.3. The predicted octanol–water partition coefficient (Wildman–Crippen LogP) is 2.71. The average Bonchev–Trinajstić information content (AvgIpc) is 2.74. The molecule has 0 heterocycles. The Hall–Kier alpha value is -2.94. The number of carbonyl (C=O) groups excluding carboxylic acids is 4. The van der Waals surface area contributed by atoms with E-state index < -0.39 is 35.5 Å². The number of hydrogen-bond donors (Lipinski definition) is 1. The highest BCUT2D eigenvalue weighted by Gasteiger charge is 2.38. The molecule has 0 aliphatic rings. The van der Waals surface area contributed by atoms with Crippen molar-refractivity contribution < 1.29 is 38.1 Å². The second-order valence-corrected chi connectivity index (χ2v) is 7.87. The molecule has 9 heteroatoms. The molecule has 0 aromatic heterocycles. The van der Waals surface area contributed by atoms with Gasteiger partial charge in [-0.3, -0.25) is 19.2 Å². The zero-order valence-electron chi connectivity index (χ0n) is 19.6.